The molecule has 0 unspecified atom stereocenters. The summed E-state index contributed by atoms with van der Waals surface area (Å²) in [5.41, 5.74) is 7.04. The molecule has 0 aliphatic rings. The third-order valence-corrected chi connectivity index (χ3v) is 3.53. The van der Waals surface area contributed by atoms with Gasteiger partial charge in [-0.2, -0.15) is 0 Å². The van der Waals surface area contributed by atoms with E-state index in [1.54, 1.807) is 24.3 Å². The van der Waals surface area contributed by atoms with Gasteiger partial charge in [0.15, 0.2) is 11.7 Å². The van der Waals surface area contributed by atoms with Crippen molar-refractivity contribution in [2.75, 3.05) is 11.9 Å². The van der Waals surface area contributed by atoms with Crippen LogP contribution in [0.5, 0.6) is 5.75 Å². The smallest absolute Gasteiger partial charge is 0.404 e. The highest BCUT2D eigenvalue weighted by Gasteiger charge is 2.32. The van der Waals surface area contributed by atoms with E-state index in [1.165, 1.54) is 24.3 Å². The minimum absolute atomic E-state index is 0.0359. The molecule has 150 valence electrons. The third-order valence-electron chi connectivity index (χ3n) is 3.53. The molecule has 0 atom stereocenters. The van der Waals surface area contributed by atoms with Crippen LogP contribution in [-0.2, 0) is 6.54 Å². The number of ether oxygens (including phenoxy) is 1. The molecule has 2 aromatic carbocycles. The van der Waals surface area contributed by atoms with E-state index in [0.29, 0.717) is 12.1 Å². The number of aliphatic imine (C=N–C) groups is 1. The van der Waals surface area contributed by atoms with E-state index in [4.69, 9.17) is 5.73 Å². The van der Waals surface area contributed by atoms with Gasteiger partial charge in [-0.05, 0) is 36.2 Å². The second-order valence-electron chi connectivity index (χ2n) is 5.83. The highest BCUT2D eigenvalue weighted by molar-refractivity contribution is 5.95. The Morgan fingerprint density at radius 3 is 2.64 bits per heavy atom. The molecule has 0 saturated heterocycles. The van der Waals surface area contributed by atoms with Crippen molar-refractivity contribution >= 4 is 17.6 Å². The van der Waals surface area contributed by atoms with Crippen LogP contribution in [0.2, 0.25) is 0 Å². The summed E-state index contributed by atoms with van der Waals surface area (Å²) in [7, 11) is 0. The van der Waals surface area contributed by atoms with Gasteiger partial charge in [-0.15, -0.1) is 13.2 Å². The van der Waals surface area contributed by atoms with Crippen molar-refractivity contribution in [3.63, 3.8) is 0 Å². The minimum Gasteiger partial charge on any atom is -0.404 e. The molecule has 0 aliphatic heterocycles. The molecule has 28 heavy (non-hydrogen) atoms. The first-order valence-corrected chi connectivity index (χ1v) is 8.57. The zero-order valence-electron chi connectivity index (χ0n) is 15.2. The minimum atomic E-state index is -4.82. The third kappa shape index (κ3) is 6.82. The van der Waals surface area contributed by atoms with Gasteiger partial charge in [0.05, 0.1) is 12.2 Å². The topological polar surface area (TPSA) is 88.7 Å². The lowest BCUT2D eigenvalue weighted by Gasteiger charge is -2.14. The van der Waals surface area contributed by atoms with Crippen molar-refractivity contribution in [3.05, 3.63) is 59.7 Å². The van der Waals surface area contributed by atoms with E-state index in [-0.39, 0.29) is 24.1 Å². The van der Waals surface area contributed by atoms with Crippen LogP contribution in [0.4, 0.5) is 18.9 Å². The summed E-state index contributed by atoms with van der Waals surface area (Å²) in [5, 5.41) is 5.37. The predicted octanol–water partition coefficient (Wildman–Crippen LogP) is 3.65. The van der Waals surface area contributed by atoms with E-state index in [1.807, 2.05) is 6.92 Å². The number of anilines is 1. The molecular weight excluding hydrogens is 373 g/mol. The summed E-state index contributed by atoms with van der Waals surface area (Å²) in [6.45, 7) is 2.69. The molecule has 0 aromatic heterocycles. The number of rotatable bonds is 7. The summed E-state index contributed by atoms with van der Waals surface area (Å²) in [5.74, 6) is -0.682. The maximum atomic E-state index is 12.5. The highest BCUT2D eigenvalue weighted by atomic mass is 19.4. The van der Waals surface area contributed by atoms with Gasteiger partial charge >= 0.3 is 6.36 Å². The lowest BCUT2D eigenvalue weighted by atomic mass is 10.1. The average molecular weight is 394 g/mol. The van der Waals surface area contributed by atoms with Gasteiger partial charge in [0.2, 0.25) is 0 Å². The molecule has 0 spiro atoms. The zero-order valence-corrected chi connectivity index (χ0v) is 15.2. The number of hydrogen-bond acceptors (Lipinski definition) is 3. The van der Waals surface area contributed by atoms with Gasteiger partial charge < -0.3 is 21.1 Å². The van der Waals surface area contributed by atoms with Crippen molar-refractivity contribution < 1.29 is 22.7 Å². The number of benzene rings is 2. The van der Waals surface area contributed by atoms with Crippen LogP contribution < -0.4 is 21.1 Å². The van der Waals surface area contributed by atoms with Crippen molar-refractivity contribution in [1.82, 2.24) is 5.32 Å². The highest BCUT2D eigenvalue weighted by Crippen LogP contribution is 2.29. The molecule has 0 saturated carbocycles. The number of nitrogens with two attached hydrogens (primary N) is 1. The first-order chi connectivity index (χ1) is 13.3. The zero-order chi connectivity index (χ0) is 20.6. The van der Waals surface area contributed by atoms with Crippen LogP contribution >= 0.6 is 0 Å². The number of alkyl halides is 3. The summed E-state index contributed by atoms with van der Waals surface area (Å²) < 4.78 is 41.3. The fourth-order valence-corrected chi connectivity index (χ4v) is 2.29. The van der Waals surface area contributed by atoms with E-state index in [0.717, 1.165) is 12.0 Å². The molecule has 0 radical (unpaired) electrons. The summed E-state index contributed by atoms with van der Waals surface area (Å²) in [4.78, 5) is 16.1. The van der Waals surface area contributed by atoms with Crippen LogP contribution in [-0.4, -0.2) is 24.8 Å². The molecule has 6 nitrogen and oxygen atoms in total. The Hall–Kier alpha value is -3.23. The maximum absolute atomic E-state index is 12.5. The van der Waals surface area contributed by atoms with Crippen LogP contribution in [0, 0.1) is 0 Å². The Morgan fingerprint density at radius 1 is 1.18 bits per heavy atom. The van der Waals surface area contributed by atoms with Gasteiger partial charge in [-0.25, -0.2) is 4.99 Å². The van der Waals surface area contributed by atoms with Gasteiger partial charge in [0.25, 0.3) is 5.91 Å². The van der Waals surface area contributed by atoms with Crippen molar-refractivity contribution in [3.8, 4) is 5.75 Å². The fraction of sp³-hybridized carbons (Fsp3) is 0.263. The average Bonchev–Trinajstić information content (AvgIpc) is 2.65. The summed E-state index contributed by atoms with van der Waals surface area (Å²) in [6.07, 6.45) is -3.99. The molecule has 0 fully saturated rings. The quantitative estimate of drug-likeness (QED) is 0.494. The Labute approximate surface area is 160 Å². The monoisotopic (exact) mass is 394 g/mol. The summed E-state index contributed by atoms with van der Waals surface area (Å²) in [6, 6.07) is 12.4. The Morgan fingerprint density at radius 2 is 1.93 bits per heavy atom. The predicted molar refractivity (Wildman–Crippen MR) is 101 cm³/mol. The second-order valence-corrected chi connectivity index (χ2v) is 5.83. The largest absolute Gasteiger partial charge is 0.573 e. The number of amides is 1. The van der Waals surface area contributed by atoms with Crippen LogP contribution in [0.25, 0.3) is 0 Å². The first-order valence-electron chi connectivity index (χ1n) is 8.57. The van der Waals surface area contributed by atoms with Crippen LogP contribution in [0.15, 0.2) is 53.5 Å². The van der Waals surface area contributed by atoms with Crippen molar-refractivity contribution in [2.24, 2.45) is 10.7 Å². The molecule has 9 heteroatoms. The van der Waals surface area contributed by atoms with Gasteiger partial charge in [0, 0.05) is 12.1 Å². The van der Waals surface area contributed by atoms with E-state index < -0.39 is 12.1 Å². The summed E-state index contributed by atoms with van der Waals surface area (Å²) >= 11 is 0. The van der Waals surface area contributed by atoms with E-state index in [9.17, 15) is 18.0 Å². The van der Waals surface area contributed by atoms with Crippen LogP contribution in [0.3, 0.4) is 0 Å². The van der Waals surface area contributed by atoms with Gasteiger partial charge in [-0.3, -0.25) is 4.79 Å². The molecule has 2 rings (SSSR count). The first kappa shape index (κ1) is 21.1. The Bertz CT molecular complexity index is 838. The number of carbonyl (C=O) groups excluding carboxylic acids is 1. The molecule has 0 heterocycles. The molecule has 0 aliphatic carbocycles. The standard InChI is InChI=1S/C19H21F3N4O2/c1-2-10-24-17(27)14-7-5-6-13(11-14)12-25-18(23)26-15-8-3-4-9-16(15)28-19(20,21)22/h3-9,11H,2,10,12H2,1H3,(H,24,27)(H3,23,25,26). The molecule has 0 bridgehead atoms. The number of nitrogens with zero attached hydrogens (tertiary/aromatic N) is 1. The van der Waals surface area contributed by atoms with Crippen molar-refractivity contribution in [1.29, 1.82) is 0 Å². The molecule has 2 aromatic rings. The lowest BCUT2D eigenvalue weighted by Crippen LogP contribution is -2.25. The van der Waals surface area contributed by atoms with Gasteiger partial charge in [-0.1, -0.05) is 31.2 Å². The van der Waals surface area contributed by atoms with E-state index >= 15 is 0 Å². The van der Waals surface area contributed by atoms with Crippen molar-refractivity contribution in [2.45, 2.75) is 26.3 Å². The maximum Gasteiger partial charge on any atom is 0.573 e. The number of carbonyl (C=O) groups is 1. The lowest BCUT2D eigenvalue weighted by molar-refractivity contribution is -0.274. The normalized spacial score (nSPS) is 11.8. The number of para-hydroxylation sites is 2. The molecular formula is C19H21F3N4O2. The number of halogens is 3. The Balaban J connectivity index is 2.05. The molecule has 4 N–H and O–H groups in total. The number of hydrogen-bond donors (Lipinski definition) is 3. The molecule has 1 amide bonds. The second kappa shape index (κ2) is 9.63. The number of guanidine groups is 1. The van der Waals surface area contributed by atoms with Gasteiger partial charge in [0.1, 0.15) is 0 Å². The van der Waals surface area contributed by atoms with E-state index in [2.05, 4.69) is 20.4 Å². The fourth-order valence-electron chi connectivity index (χ4n) is 2.29. The van der Waals surface area contributed by atoms with Crippen LogP contribution in [0.1, 0.15) is 29.3 Å². The number of nitrogens with one attached hydrogen (secondary N) is 2. The SMILES string of the molecule is CCCNC(=O)c1cccc(CN=C(N)Nc2ccccc2OC(F)(F)F)c1. The Kier molecular flexibility index (Phi) is 7.25.